The molecule has 0 unspecified atom stereocenters. The molecule has 3 rings (SSSR count). The highest BCUT2D eigenvalue weighted by Crippen LogP contribution is 2.34. The Morgan fingerprint density at radius 2 is 2.11 bits per heavy atom. The molecule has 0 amide bonds. The van der Waals surface area contributed by atoms with Gasteiger partial charge in [-0.3, -0.25) is 0 Å². The SMILES string of the molecule is NS(=O)(=O)c1cn(CCC2CC2)c2cccc(F)c12. The van der Waals surface area contributed by atoms with Crippen molar-refractivity contribution in [2.24, 2.45) is 11.1 Å². The summed E-state index contributed by atoms with van der Waals surface area (Å²) in [6.07, 6.45) is 4.90. The maximum atomic E-state index is 13.9. The molecule has 1 aromatic heterocycles. The van der Waals surface area contributed by atoms with Crippen LogP contribution in [0.1, 0.15) is 19.3 Å². The van der Waals surface area contributed by atoms with Crippen molar-refractivity contribution in [1.29, 1.82) is 0 Å². The number of primary sulfonamides is 1. The lowest BCUT2D eigenvalue weighted by atomic mass is 10.2. The number of halogens is 1. The van der Waals surface area contributed by atoms with Crippen LogP contribution in [0.15, 0.2) is 29.3 Å². The van der Waals surface area contributed by atoms with E-state index in [1.54, 1.807) is 16.7 Å². The molecular weight excluding hydrogens is 267 g/mol. The highest BCUT2D eigenvalue weighted by atomic mass is 32.2. The van der Waals surface area contributed by atoms with Crippen LogP contribution in [0.4, 0.5) is 4.39 Å². The van der Waals surface area contributed by atoms with Crippen LogP contribution in [-0.4, -0.2) is 13.0 Å². The highest BCUT2D eigenvalue weighted by molar-refractivity contribution is 7.89. The van der Waals surface area contributed by atoms with E-state index in [1.165, 1.54) is 25.1 Å². The fraction of sp³-hybridized carbons (Fsp3) is 0.385. The summed E-state index contributed by atoms with van der Waals surface area (Å²) in [5, 5.41) is 5.26. The number of benzene rings is 1. The molecule has 1 heterocycles. The third kappa shape index (κ3) is 2.37. The third-order valence-electron chi connectivity index (χ3n) is 3.60. The van der Waals surface area contributed by atoms with E-state index in [2.05, 4.69) is 0 Å². The van der Waals surface area contributed by atoms with Gasteiger partial charge in [-0.05, 0) is 24.5 Å². The Hall–Kier alpha value is -1.40. The van der Waals surface area contributed by atoms with Crippen LogP contribution in [0.3, 0.4) is 0 Å². The Bertz CT molecular complexity index is 732. The normalized spacial score (nSPS) is 16.1. The van der Waals surface area contributed by atoms with Gasteiger partial charge in [0, 0.05) is 12.7 Å². The van der Waals surface area contributed by atoms with E-state index in [1.807, 2.05) is 0 Å². The lowest BCUT2D eigenvalue weighted by Crippen LogP contribution is -2.12. The second-order valence-corrected chi connectivity index (χ2v) is 6.63. The zero-order valence-electron chi connectivity index (χ0n) is 10.3. The number of hydrogen-bond acceptors (Lipinski definition) is 2. The summed E-state index contributed by atoms with van der Waals surface area (Å²) in [5.74, 6) is 0.177. The lowest BCUT2D eigenvalue weighted by molar-refractivity contribution is 0.593. The summed E-state index contributed by atoms with van der Waals surface area (Å²) in [6.45, 7) is 0.695. The van der Waals surface area contributed by atoms with Gasteiger partial charge in [0.25, 0.3) is 0 Å². The molecule has 1 saturated carbocycles. The number of aryl methyl sites for hydroxylation is 1. The van der Waals surface area contributed by atoms with Crippen LogP contribution in [0, 0.1) is 11.7 Å². The van der Waals surface area contributed by atoms with Crippen LogP contribution in [0.5, 0.6) is 0 Å². The van der Waals surface area contributed by atoms with Crippen molar-refractivity contribution in [3.63, 3.8) is 0 Å². The molecule has 0 aliphatic heterocycles. The minimum absolute atomic E-state index is 0.0980. The zero-order valence-corrected chi connectivity index (χ0v) is 11.2. The van der Waals surface area contributed by atoms with E-state index >= 15 is 0 Å². The number of aromatic nitrogens is 1. The Balaban J connectivity index is 2.14. The Labute approximate surface area is 111 Å². The maximum Gasteiger partial charge on any atom is 0.240 e. The predicted molar refractivity (Wildman–Crippen MR) is 70.6 cm³/mol. The van der Waals surface area contributed by atoms with Crippen molar-refractivity contribution < 1.29 is 12.8 Å². The summed E-state index contributed by atoms with van der Waals surface area (Å²) in [6, 6.07) is 4.56. The molecule has 1 aliphatic rings. The minimum atomic E-state index is -3.91. The quantitative estimate of drug-likeness (QED) is 0.934. The molecule has 2 N–H and O–H groups in total. The van der Waals surface area contributed by atoms with Gasteiger partial charge in [0.2, 0.25) is 10.0 Å². The third-order valence-corrected chi connectivity index (χ3v) is 4.52. The molecule has 0 atom stereocenters. The molecular formula is C13H15FN2O2S. The minimum Gasteiger partial charge on any atom is -0.346 e. The molecule has 0 saturated heterocycles. The summed E-state index contributed by atoms with van der Waals surface area (Å²) >= 11 is 0. The summed E-state index contributed by atoms with van der Waals surface area (Å²) in [5.41, 5.74) is 0.588. The van der Waals surface area contributed by atoms with Gasteiger partial charge in [-0.1, -0.05) is 18.9 Å². The fourth-order valence-electron chi connectivity index (χ4n) is 2.40. The standard InChI is InChI=1S/C13H15FN2O2S/c14-10-2-1-3-11-13(10)12(19(15,17)18)8-16(11)7-6-9-4-5-9/h1-3,8-9H,4-7H2,(H2,15,17,18). The Kier molecular flexibility index (Phi) is 2.87. The molecule has 0 spiro atoms. The van der Waals surface area contributed by atoms with Gasteiger partial charge in [0.05, 0.1) is 10.9 Å². The first-order chi connectivity index (χ1) is 8.97. The smallest absolute Gasteiger partial charge is 0.240 e. The molecule has 19 heavy (non-hydrogen) atoms. The van der Waals surface area contributed by atoms with E-state index in [4.69, 9.17) is 5.14 Å². The van der Waals surface area contributed by atoms with E-state index in [0.717, 1.165) is 12.3 Å². The Morgan fingerprint density at radius 3 is 2.74 bits per heavy atom. The van der Waals surface area contributed by atoms with Crippen LogP contribution in [0.25, 0.3) is 10.9 Å². The topological polar surface area (TPSA) is 65.1 Å². The van der Waals surface area contributed by atoms with Crippen LogP contribution in [0.2, 0.25) is 0 Å². The van der Waals surface area contributed by atoms with Crippen LogP contribution in [-0.2, 0) is 16.6 Å². The van der Waals surface area contributed by atoms with Crippen molar-refractivity contribution in [1.82, 2.24) is 4.57 Å². The second kappa shape index (κ2) is 4.31. The first-order valence-electron chi connectivity index (χ1n) is 6.27. The molecule has 102 valence electrons. The molecule has 1 aromatic carbocycles. The van der Waals surface area contributed by atoms with Crippen molar-refractivity contribution >= 4 is 20.9 Å². The van der Waals surface area contributed by atoms with Crippen molar-refractivity contribution in [3.8, 4) is 0 Å². The number of nitrogens with two attached hydrogens (primary N) is 1. The van der Waals surface area contributed by atoms with E-state index in [-0.39, 0.29) is 10.3 Å². The van der Waals surface area contributed by atoms with Gasteiger partial charge in [-0.2, -0.15) is 0 Å². The predicted octanol–water partition coefficient (Wildman–Crippen LogP) is 2.23. The molecule has 0 bridgehead atoms. The first-order valence-corrected chi connectivity index (χ1v) is 7.81. The van der Waals surface area contributed by atoms with Crippen molar-refractivity contribution in [2.45, 2.75) is 30.7 Å². The number of rotatable bonds is 4. The Morgan fingerprint density at radius 1 is 1.37 bits per heavy atom. The number of fused-ring (bicyclic) bond motifs is 1. The molecule has 1 aliphatic carbocycles. The number of nitrogens with zero attached hydrogens (tertiary/aromatic N) is 1. The zero-order chi connectivity index (χ0) is 13.6. The van der Waals surface area contributed by atoms with Crippen LogP contribution < -0.4 is 5.14 Å². The molecule has 0 radical (unpaired) electrons. The average molecular weight is 282 g/mol. The largest absolute Gasteiger partial charge is 0.346 e. The monoisotopic (exact) mass is 282 g/mol. The lowest BCUT2D eigenvalue weighted by Gasteiger charge is -2.03. The highest BCUT2D eigenvalue weighted by Gasteiger charge is 2.23. The van der Waals surface area contributed by atoms with Gasteiger partial charge in [0.1, 0.15) is 10.7 Å². The fourth-order valence-corrected chi connectivity index (χ4v) is 3.16. The van der Waals surface area contributed by atoms with E-state index in [0.29, 0.717) is 12.1 Å². The van der Waals surface area contributed by atoms with Gasteiger partial charge < -0.3 is 4.57 Å². The van der Waals surface area contributed by atoms with Crippen molar-refractivity contribution in [2.75, 3.05) is 0 Å². The molecule has 6 heteroatoms. The second-order valence-electron chi connectivity index (χ2n) is 5.10. The van der Waals surface area contributed by atoms with Gasteiger partial charge in [-0.25, -0.2) is 17.9 Å². The summed E-state index contributed by atoms with van der Waals surface area (Å²) < 4.78 is 38.8. The van der Waals surface area contributed by atoms with Gasteiger partial charge in [0.15, 0.2) is 0 Å². The average Bonchev–Trinajstić information content (AvgIpc) is 3.06. The summed E-state index contributed by atoms with van der Waals surface area (Å²) in [4.78, 5) is -0.128. The van der Waals surface area contributed by atoms with Crippen LogP contribution >= 0.6 is 0 Å². The maximum absolute atomic E-state index is 13.9. The van der Waals surface area contributed by atoms with Crippen molar-refractivity contribution in [3.05, 3.63) is 30.2 Å². The molecule has 4 nitrogen and oxygen atoms in total. The van der Waals surface area contributed by atoms with E-state index in [9.17, 15) is 12.8 Å². The molecule has 2 aromatic rings. The number of hydrogen-bond donors (Lipinski definition) is 1. The van der Waals surface area contributed by atoms with Gasteiger partial charge >= 0.3 is 0 Å². The summed E-state index contributed by atoms with van der Waals surface area (Å²) in [7, 11) is -3.91. The van der Waals surface area contributed by atoms with E-state index < -0.39 is 15.8 Å². The molecule has 1 fully saturated rings. The van der Waals surface area contributed by atoms with Gasteiger partial charge in [-0.15, -0.1) is 0 Å². The first kappa shape index (κ1) is 12.6. The number of sulfonamides is 1.